The second-order valence-electron chi connectivity index (χ2n) is 3.32. The molecule has 0 aliphatic carbocycles. The van der Waals surface area contributed by atoms with Crippen LogP contribution in [-0.4, -0.2) is 15.0 Å². The Bertz CT molecular complexity index is 447. The summed E-state index contributed by atoms with van der Waals surface area (Å²) in [4.78, 5) is 0. The van der Waals surface area contributed by atoms with Crippen LogP contribution in [0.2, 0.25) is 0 Å². The van der Waals surface area contributed by atoms with Crippen LogP contribution >= 0.6 is 0 Å². The number of rotatable bonds is 3. The van der Waals surface area contributed by atoms with Gasteiger partial charge in [-0.2, -0.15) is 0 Å². The molecular formula is C11H14N4. The van der Waals surface area contributed by atoms with Crippen LogP contribution in [0.1, 0.15) is 18.2 Å². The average molecular weight is 202 g/mol. The molecule has 1 aromatic heterocycles. The number of nitrogens with two attached hydrogens (primary N) is 1. The van der Waals surface area contributed by atoms with Gasteiger partial charge in [0.2, 0.25) is 0 Å². The van der Waals surface area contributed by atoms with Gasteiger partial charge in [0.1, 0.15) is 0 Å². The molecule has 0 unspecified atom stereocenters. The molecule has 4 nitrogen and oxygen atoms in total. The molecule has 15 heavy (non-hydrogen) atoms. The highest BCUT2D eigenvalue weighted by Gasteiger charge is 2.07. The van der Waals surface area contributed by atoms with Gasteiger partial charge < -0.3 is 5.73 Å². The van der Waals surface area contributed by atoms with Crippen molar-refractivity contribution in [2.75, 3.05) is 0 Å². The summed E-state index contributed by atoms with van der Waals surface area (Å²) in [6, 6.07) is 8.15. The zero-order valence-electron chi connectivity index (χ0n) is 8.72. The van der Waals surface area contributed by atoms with Gasteiger partial charge in [0.25, 0.3) is 0 Å². The van der Waals surface area contributed by atoms with E-state index < -0.39 is 0 Å². The molecule has 78 valence electrons. The summed E-state index contributed by atoms with van der Waals surface area (Å²) >= 11 is 0. The van der Waals surface area contributed by atoms with Crippen molar-refractivity contribution in [2.45, 2.75) is 19.9 Å². The van der Waals surface area contributed by atoms with Crippen LogP contribution in [0.15, 0.2) is 30.5 Å². The maximum atomic E-state index is 5.62. The van der Waals surface area contributed by atoms with Crippen LogP contribution in [-0.2, 0) is 13.0 Å². The second-order valence-corrected chi connectivity index (χ2v) is 3.32. The monoisotopic (exact) mass is 202 g/mol. The zero-order valence-corrected chi connectivity index (χ0v) is 8.72. The van der Waals surface area contributed by atoms with E-state index in [9.17, 15) is 0 Å². The van der Waals surface area contributed by atoms with Crippen molar-refractivity contribution in [1.82, 2.24) is 15.0 Å². The first-order valence-electron chi connectivity index (χ1n) is 5.04. The predicted octanol–water partition coefficient (Wildman–Crippen LogP) is 1.29. The summed E-state index contributed by atoms with van der Waals surface area (Å²) in [5.74, 6) is 0. The normalized spacial score (nSPS) is 10.5. The topological polar surface area (TPSA) is 56.7 Å². The lowest BCUT2D eigenvalue weighted by atomic mass is 10.1. The molecule has 4 heteroatoms. The quantitative estimate of drug-likeness (QED) is 0.815. The number of nitrogens with zero attached hydrogens (tertiary/aromatic N) is 3. The van der Waals surface area contributed by atoms with E-state index in [1.165, 1.54) is 5.56 Å². The molecule has 0 spiro atoms. The minimum Gasteiger partial charge on any atom is -0.325 e. The Hall–Kier alpha value is -1.68. The molecule has 1 heterocycles. The Balaban J connectivity index is 2.53. The molecule has 0 fully saturated rings. The highest BCUT2D eigenvalue weighted by atomic mass is 15.4. The standard InChI is InChI=1S/C11H14N4/c1-2-9-5-3-4-6-11(9)15-10(7-12)8-13-14-15/h3-6,8H,2,7,12H2,1H3. The van der Waals surface area contributed by atoms with E-state index in [-0.39, 0.29) is 0 Å². The van der Waals surface area contributed by atoms with Gasteiger partial charge in [-0.15, -0.1) is 5.10 Å². The molecule has 0 saturated heterocycles. The molecule has 0 atom stereocenters. The Morgan fingerprint density at radius 3 is 2.87 bits per heavy atom. The van der Waals surface area contributed by atoms with E-state index in [2.05, 4.69) is 23.3 Å². The molecule has 0 radical (unpaired) electrons. The van der Waals surface area contributed by atoms with Crippen molar-refractivity contribution in [3.8, 4) is 5.69 Å². The average Bonchev–Trinajstić information content (AvgIpc) is 2.76. The first-order chi connectivity index (χ1) is 7.36. The number of para-hydroxylation sites is 1. The lowest BCUT2D eigenvalue weighted by molar-refractivity contribution is 0.753. The Morgan fingerprint density at radius 1 is 1.33 bits per heavy atom. The first-order valence-corrected chi connectivity index (χ1v) is 5.04. The van der Waals surface area contributed by atoms with E-state index >= 15 is 0 Å². The van der Waals surface area contributed by atoms with Gasteiger partial charge in [0, 0.05) is 6.54 Å². The van der Waals surface area contributed by atoms with Crippen molar-refractivity contribution in [2.24, 2.45) is 5.73 Å². The molecular weight excluding hydrogens is 188 g/mol. The largest absolute Gasteiger partial charge is 0.325 e. The fraction of sp³-hybridized carbons (Fsp3) is 0.273. The Morgan fingerprint density at radius 2 is 2.13 bits per heavy atom. The van der Waals surface area contributed by atoms with E-state index in [1.807, 2.05) is 18.2 Å². The van der Waals surface area contributed by atoms with Crippen LogP contribution in [0.25, 0.3) is 5.69 Å². The van der Waals surface area contributed by atoms with Crippen LogP contribution in [0, 0.1) is 0 Å². The molecule has 2 rings (SSSR count). The molecule has 1 aromatic carbocycles. The van der Waals surface area contributed by atoms with Gasteiger partial charge in [-0.25, -0.2) is 4.68 Å². The van der Waals surface area contributed by atoms with E-state index in [0.717, 1.165) is 17.8 Å². The molecule has 2 aromatic rings. The summed E-state index contributed by atoms with van der Waals surface area (Å²) in [7, 11) is 0. The summed E-state index contributed by atoms with van der Waals surface area (Å²) in [5, 5.41) is 7.93. The van der Waals surface area contributed by atoms with Gasteiger partial charge in [0.05, 0.1) is 17.6 Å². The van der Waals surface area contributed by atoms with Crippen molar-refractivity contribution in [3.05, 3.63) is 41.7 Å². The van der Waals surface area contributed by atoms with Crippen molar-refractivity contribution in [3.63, 3.8) is 0 Å². The molecule has 0 bridgehead atoms. The maximum Gasteiger partial charge on any atom is 0.0781 e. The molecule has 2 N–H and O–H groups in total. The molecule has 0 amide bonds. The third-order valence-electron chi connectivity index (χ3n) is 2.43. The SMILES string of the molecule is CCc1ccccc1-n1nncc1CN. The Kier molecular flexibility index (Phi) is 2.78. The lowest BCUT2D eigenvalue weighted by Gasteiger charge is -2.08. The van der Waals surface area contributed by atoms with Gasteiger partial charge in [0.15, 0.2) is 0 Å². The third-order valence-corrected chi connectivity index (χ3v) is 2.43. The van der Waals surface area contributed by atoms with Crippen molar-refractivity contribution in [1.29, 1.82) is 0 Å². The van der Waals surface area contributed by atoms with Crippen LogP contribution in [0.3, 0.4) is 0 Å². The van der Waals surface area contributed by atoms with Crippen molar-refractivity contribution < 1.29 is 0 Å². The van der Waals surface area contributed by atoms with Gasteiger partial charge in [-0.1, -0.05) is 30.3 Å². The first kappa shape index (κ1) is 9.86. The Labute approximate surface area is 88.7 Å². The van der Waals surface area contributed by atoms with E-state index in [4.69, 9.17) is 5.73 Å². The number of aryl methyl sites for hydroxylation is 1. The predicted molar refractivity (Wildman–Crippen MR) is 58.6 cm³/mol. The summed E-state index contributed by atoms with van der Waals surface area (Å²) in [6.07, 6.45) is 2.67. The highest BCUT2D eigenvalue weighted by Crippen LogP contribution is 2.15. The fourth-order valence-corrected chi connectivity index (χ4v) is 1.61. The lowest BCUT2D eigenvalue weighted by Crippen LogP contribution is -2.08. The van der Waals surface area contributed by atoms with E-state index in [0.29, 0.717) is 6.54 Å². The van der Waals surface area contributed by atoms with Crippen molar-refractivity contribution >= 4 is 0 Å². The minimum absolute atomic E-state index is 0.449. The second kappa shape index (κ2) is 4.23. The van der Waals surface area contributed by atoms with Crippen LogP contribution in [0.5, 0.6) is 0 Å². The summed E-state index contributed by atoms with van der Waals surface area (Å²) < 4.78 is 1.80. The number of hydrogen-bond acceptors (Lipinski definition) is 3. The highest BCUT2D eigenvalue weighted by molar-refractivity contribution is 5.41. The third kappa shape index (κ3) is 1.76. The van der Waals surface area contributed by atoms with Gasteiger partial charge in [-0.05, 0) is 18.1 Å². The fourth-order valence-electron chi connectivity index (χ4n) is 1.61. The van der Waals surface area contributed by atoms with Gasteiger partial charge in [-0.3, -0.25) is 0 Å². The van der Waals surface area contributed by atoms with Crippen LogP contribution in [0.4, 0.5) is 0 Å². The number of benzene rings is 1. The smallest absolute Gasteiger partial charge is 0.0781 e. The summed E-state index contributed by atoms with van der Waals surface area (Å²) in [6.45, 7) is 2.57. The molecule has 0 aliphatic rings. The summed E-state index contributed by atoms with van der Waals surface area (Å²) in [5.41, 5.74) is 8.87. The van der Waals surface area contributed by atoms with E-state index in [1.54, 1.807) is 10.9 Å². The number of aromatic nitrogens is 3. The molecule has 0 aliphatic heterocycles. The zero-order chi connectivity index (χ0) is 10.7. The molecule has 0 saturated carbocycles. The maximum absolute atomic E-state index is 5.62. The van der Waals surface area contributed by atoms with Gasteiger partial charge >= 0.3 is 0 Å². The van der Waals surface area contributed by atoms with Crippen LogP contribution < -0.4 is 5.73 Å². The minimum atomic E-state index is 0.449. The number of hydrogen-bond donors (Lipinski definition) is 1.